The van der Waals surface area contributed by atoms with E-state index >= 15 is 0 Å². The third kappa shape index (κ3) is 1.54. The summed E-state index contributed by atoms with van der Waals surface area (Å²) in [7, 11) is 0. The summed E-state index contributed by atoms with van der Waals surface area (Å²) in [6.07, 6.45) is 3.64. The summed E-state index contributed by atoms with van der Waals surface area (Å²) in [6.45, 7) is 1.89. The normalized spacial score (nSPS) is 28.1. The van der Waals surface area contributed by atoms with Gasteiger partial charge in [-0.1, -0.05) is 37.9 Å². The molecule has 1 aliphatic heterocycles. The topological polar surface area (TPSA) is 46.2 Å². The zero-order valence-electron chi connectivity index (χ0n) is 7.80. The van der Waals surface area contributed by atoms with Crippen LogP contribution in [0.2, 0.25) is 0 Å². The van der Waals surface area contributed by atoms with Gasteiger partial charge in [0.05, 0.1) is 16.0 Å². The second-order valence-electron chi connectivity index (χ2n) is 3.22. The van der Waals surface area contributed by atoms with Crippen molar-refractivity contribution in [2.45, 2.75) is 11.8 Å². The number of fused-ring (bicyclic) bond motifs is 1. The SMILES string of the molecule is CC=C1C=C2C(=O)NC(=O)C2=C(Br)C1Br. The molecule has 78 valence electrons. The summed E-state index contributed by atoms with van der Waals surface area (Å²) in [5, 5.41) is 2.27. The molecule has 0 aromatic carbocycles. The van der Waals surface area contributed by atoms with Crippen molar-refractivity contribution in [3.05, 3.63) is 33.4 Å². The summed E-state index contributed by atoms with van der Waals surface area (Å²) in [5.41, 5.74) is 1.84. The summed E-state index contributed by atoms with van der Waals surface area (Å²) >= 11 is 6.80. The number of hydrogen-bond acceptors (Lipinski definition) is 2. The van der Waals surface area contributed by atoms with Gasteiger partial charge in [0.2, 0.25) is 0 Å². The van der Waals surface area contributed by atoms with Gasteiger partial charge in [0.15, 0.2) is 0 Å². The van der Waals surface area contributed by atoms with Gasteiger partial charge in [-0.3, -0.25) is 14.9 Å². The van der Waals surface area contributed by atoms with Gasteiger partial charge in [0.1, 0.15) is 0 Å². The van der Waals surface area contributed by atoms with Crippen LogP contribution in [-0.2, 0) is 9.59 Å². The number of alkyl halides is 1. The lowest BCUT2D eigenvalue weighted by Crippen LogP contribution is -2.20. The number of hydrogen-bond donors (Lipinski definition) is 1. The maximum atomic E-state index is 11.5. The number of carbonyl (C=O) groups is 2. The quantitative estimate of drug-likeness (QED) is 0.544. The van der Waals surface area contributed by atoms with Crippen LogP contribution in [0, 0.1) is 0 Å². The fraction of sp³-hybridized carbons (Fsp3) is 0.200. The lowest BCUT2D eigenvalue weighted by Gasteiger charge is -2.17. The second kappa shape index (κ2) is 3.72. The number of rotatable bonds is 0. The molecule has 1 fully saturated rings. The fourth-order valence-corrected chi connectivity index (χ4v) is 2.87. The second-order valence-corrected chi connectivity index (χ2v) is 4.99. The number of imide groups is 1. The van der Waals surface area contributed by atoms with Crippen molar-refractivity contribution < 1.29 is 9.59 Å². The van der Waals surface area contributed by atoms with E-state index in [2.05, 4.69) is 37.2 Å². The monoisotopic (exact) mass is 331 g/mol. The highest BCUT2D eigenvalue weighted by atomic mass is 79.9. The Balaban J connectivity index is 2.63. The number of allylic oxidation sites excluding steroid dienone is 4. The molecule has 1 N–H and O–H groups in total. The van der Waals surface area contributed by atoms with Gasteiger partial charge >= 0.3 is 0 Å². The molecule has 1 atom stereocenters. The Kier molecular flexibility index (Phi) is 2.68. The molecule has 2 aliphatic rings. The molecule has 2 amide bonds. The van der Waals surface area contributed by atoms with Crippen LogP contribution in [-0.4, -0.2) is 16.6 Å². The Morgan fingerprint density at radius 2 is 2.07 bits per heavy atom. The average molecular weight is 333 g/mol. The molecule has 15 heavy (non-hydrogen) atoms. The Hall–Kier alpha value is -0.680. The summed E-state index contributed by atoms with van der Waals surface area (Å²) in [5.74, 6) is -0.663. The van der Waals surface area contributed by atoms with Crippen LogP contribution >= 0.6 is 31.9 Å². The van der Waals surface area contributed by atoms with Crippen LogP contribution in [0.3, 0.4) is 0 Å². The first-order valence-corrected chi connectivity index (χ1v) is 6.04. The van der Waals surface area contributed by atoms with Crippen molar-refractivity contribution in [2.24, 2.45) is 0 Å². The van der Waals surface area contributed by atoms with E-state index in [0.717, 1.165) is 5.57 Å². The minimum Gasteiger partial charge on any atom is -0.288 e. The Labute approximate surface area is 104 Å². The van der Waals surface area contributed by atoms with E-state index in [1.54, 1.807) is 6.08 Å². The van der Waals surface area contributed by atoms with E-state index in [9.17, 15) is 9.59 Å². The molecule has 5 heteroatoms. The number of nitrogens with one attached hydrogen (secondary N) is 1. The highest BCUT2D eigenvalue weighted by Crippen LogP contribution is 2.39. The molecule has 2 rings (SSSR count). The van der Waals surface area contributed by atoms with Crippen molar-refractivity contribution in [1.82, 2.24) is 5.32 Å². The van der Waals surface area contributed by atoms with Gasteiger partial charge in [0.25, 0.3) is 11.8 Å². The smallest absolute Gasteiger partial charge is 0.259 e. The van der Waals surface area contributed by atoms with Crippen LogP contribution in [0.25, 0.3) is 0 Å². The van der Waals surface area contributed by atoms with E-state index in [1.807, 2.05) is 13.0 Å². The van der Waals surface area contributed by atoms with Crippen molar-refractivity contribution in [1.29, 1.82) is 0 Å². The van der Waals surface area contributed by atoms with E-state index in [1.165, 1.54) is 0 Å². The molecule has 3 nitrogen and oxygen atoms in total. The third-order valence-corrected chi connectivity index (χ3v) is 4.82. The van der Waals surface area contributed by atoms with Gasteiger partial charge < -0.3 is 0 Å². The van der Waals surface area contributed by atoms with E-state index in [4.69, 9.17) is 0 Å². The first kappa shape index (κ1) is 10.8. The standard InChI is InChI=1S/C10H7Br2NO2/c1-2-4-3-5-6(8(12)7(4)11)10(15)13-9(5)14/h2-3,7H,1H3,(H,13,14,15). The van der Waals surface area contributed by atoms with E-state index in [0.29, 0.717) is 15.6 Å². The van der Waals surface area contributed by atoms with Gasteiger partial charge in [-0.15, -0.1) is 0 Å². The molecular weight excluding hydrogens is 326 g/mol. The molecule has 0 bridgehead atoms. The van der Waals surface area contributed by atoms with E-state index < -0.39 is 0 Å². The maximum Gasteiger partial charge on any atom is 0.259 e. The van der Waals surface area contributed by atoms with Gasteiger partial charge in [-0.2, -0.15) is 0 Å². The third-order valence-electron chi connectivity index (χ3n) is 2.37. The van der Waals surface area contributed by atoms with Crippen LogP contribution in [0.15, 0.2) is 33.4 Å². The van der Waals surface area contributed by atoms with Gasteiger partial charge in [-0.25, -0.2) is 0 Å². The molecule has 1 heterocycles. The first-order chi connectivity index (χ1) is 7.06. The predicted molar refractivity (Wildman–Crippen MR) is 63.7 cm³/mol. The molecule has 1 unspecified atom stereocenters. The first-order valence-electron chi connectivity index (χ1n) is 4.34. The number of carbonyl (C=O) groups excluding carboxylic acids is 2. The molecule has 0 saturated carbocycles. The predicted octanol–water partition coefficient (Wildman–Crippen LogP) is 1.94. The van der Waals surface area contributed by atoms with Crippen molar-refractivity contribution in [3.63, 3.8) is 0 Å². The summed E-state index contributed by atoms with van der Waals surface area (Å²) in [6, 6.07) is 0. The molecule has 0 radical (unpaired) electrons. The van der Waals surface area contributed by atoms with Gasteiger partial charge in [-0.05, 0) is 18.6 Å². The highest BCUT2D eigenvalue weighted by molar-refractivity contribution is 9.14. The molecule has 1 aliphatic carbocycles. The zero-order valence-corrected chi connectivity index (χ0v) is 11.0. The minimum absolute atomic E-state index is 0.0575. The Morgan fingerprint density at radius 1 is 1.40 bits per heavy atom. The van der Waals surface area contributed by atoms with Crippen molar-refractivity contribution in [2.75, 3.05) is 0 Å². The maximum absolute atomic E-state index is 11.5. The van der Waals surface area contributed by atoms with Crippen molar-refractivity contribution in [3.8, 4) is 0 Å². The number of halogens is 2. The fourth-order valence-electron chi connectivity index (χ4n) is 1.59. The summed E-state index contributed by atoms with van der Waals surface area (Å²) in [4.78, 5) is 22.8. The zero-order chi connectivity index (χ0) is 11.2. The van der Waals surface area contributed by atoms with Gasteiger partial charge in [0, 0.05) is 4.48 Å². The van der Waals surface area contributed by atoms with Crippen LogP contribution in [0.1, 0.15) is 6.92 Å². The Morgan fingerprint density at radius 3 is 2.67 bits per heavy atom. The summed E-state index contributed by atoms with van der Waals surface area (Å²) < 4.78 is 0.705. The average Bonchev–Trinajstić information content (AvgIpc) is 2.47. The van der Waals surface area contributed by atoms with E-state index in [-0.39, 0.29) is 16.6 Å². The largest absolute Gasteiger partial charge is 0.288 e. The highest BCUT2D eigenvalue weighted by Gasteiger charge is 2.37. The molecular formula is C10H7Br2NO2. The Bertz CT molecular complexity index is 460. The molecule has 0 aromatic heterocycles. The number of amides is 2. The lowest BCUT2D eigenvalue weighted by atomic mass is 9.96. The molecule has 0 aromatic rings. The molecule has 1 saturated heterocycles. The van der Waals surface area contributed by atoms with Crippen LogP contribution < -0.4 is 5.32 Å². The molecule has 0 spiro atoms. The van der Waals surface area contributed by atoms with Crippen LogP contribution in [0.4, 0.5) is 0 Å². The van der Waals surface area contributed by atoms with Crippen molar-refractivity contribution >= 4 is 43.7 Å². The van der Waals surface area contributed by atoms with Crippen LogP contribution in [0.5, 0.6) is 0 Å². The minimum atomic E-state index is -0.335. The lowest BCUT2D eigenvalue weighted by molar-refractivity contribution is -0.123.